The molecule has 58 heavy (non-hydrogen) atoms. The molecule has 332 valence electrons. The third-order valence-electron chi connectivity index (χ3n) is 13.8. The number of hydrogen-bond acceptors (Lipinski definition) is 14. The molecule has 0 spiro atoms. The molecule has 0 aromatic heterocycles. The Labute approximate surface area is 346 Å². The van der Waals surface area contributed by atoms with Gasteiger partial charge in [-0.25, -0.2) is 0 Å². The van der Waals surface area contributed by atoms with Crippen molar-refractivity contribution < 1.29 is 58.5 Å². The molecule has 14 heteroatoms. The molecule has 0 amide bonds. The Bertz CT molecular complexity index is 1470. The topological polar surface area (TPSA) is 178 Å². The maximum atomic E-state index is 14.7. The van der Waals surface area contributed by atoms with Crippen molar-refractivity contribution in [2.45, 2.75) is 179 Å². The normalized spacial score (nSPS) is 47.1. The second-order valence-corrected chi connectivity index (χ2v) is 18.4. The van der Waals surface area contributed by atoms with Crippen LogP contribution in [0, 0.1) is 41.9 Å². The zero-order chi connectivity index (χ0) is 43.5. The fourth-order valence-corrected chi connectivity index (χ4v) is 10.4. The number of nitrogens with zero attached hydrogens (tertiary/aromatic N) is 2. The lowest BCUT2D eigenvalue weighted by Crippen LogP contribution is -2.62. The van der Waals surface area contributed by atoms with Gasteiger partial charge in [-0.05, 0) is 72.4 Å². The van der Waals surface area contributed by atoms with Crippen molar-refractivity contribution in [2.75, 3.05) is 33.9 Å². The third-order valence-corrected chi connectivity index (χ3v) is 13.8. The van der Waals surface area contributed by atoms with Crippen LogP contribution in [0.1, 0.15) is 101 Å². The van der Waals surface area contributed by atoms with Gasteiger partial charge in [0.25, 0.3) is 0 Å². The molecule has 0 aromatic rings. The van der Waals surface area contributed by atoms with E-state index in [1.165, 1.54) is 0 Å². The molecule has 4 N–H and O–H groups in total. The molecule has 4 aliphatic heterocycles. The van der Waals surface area contributed by atoms with Gasteiger partial charge in [0.05, 0.1) is 66.6 Å². The van der Waals surface area contributed by atoms with Gasteiger partial charge in [-0.2, -0.15) is 0 Å². The van der Waals surface area contributed by atoms with Crippen molar-refractivity contribution in [3.8, 4) is 12.3 Å². The quantitative estimate of drug-likeness (QED) is 0.0896. The summed E-state index contributed by atoms with van der Waals surface area (Å²) in [5.41, 5.74) is -3.05. The zero-order valence-electron chi connectivity index (χ0n) is 37.1. The number of rotatable bonds is 8. The summed E-state index contributed by atoms with van der Waals surface area (Å²) in [6.07, 6.45) is -0.333. The van der Waals surface area contributed by atoms with Crippen LogP contribution in [0.5, 0.6) is 0 Å². The summed E-state index contributed by atoms with van der Waals surface area (Å²) in [6, 6.07) is -0.339. The predicted octanol–water partition coefficient (Wildman–Crippen LogP) is 4.33. The highest BCUT2D eigenvalue weighted by Gasteiger charge is 2.56. The minimum Gasteiger partial charge on any atom is -0.459 e. The molecule has 0 aromatic carbocycles. The van der Waals surface area contributed by atoms with Crippen LogP contribution in [-0.4, -0.2) is 149 Å². The molecule has 4 aliphatic rings. The van der Waals surface area contributed by atoms with Gasteiger partial charge in [0, 0.05) is 50.3 Å². The van der Waals surface area contributed by atoms with E-state index >= 15 is 0 Å². The molecule has 4 heterocycles. The highest BCUT2D eigenvalue weighted by Crippen LogP contribution is 2.46. The molecule has 18 atom stereocenters. The first-order chi connectivity index (χ1) is 27.1. The first-order valence-corrected chi connectivity index (χ1v) is 21.2. The van der Waals surface area contributed by atoms with Crippen molar-refractivity contribution in [2.24, 2.45) is 34.7 Å². The Kier molecular flexibility index (Phi) is 16.5. The molecule has 2 bridgehead atoms. The highest BCUT2D eigenvalue weighted by atomic mass is 16.7. The minimum atomic E-state index is -1.74. The largest absolute Gasteiger partial charge is 0.459 e. The number of fused-ring (bicyclic) bond motifs is 5. The number of oxime groups is 1. The molecular weight excluding hydrogens is 748 g/mol. The van der Waals surface area contributed by atoms with Crippen molar-refractivity contribution in [1.29, 1.82) is 0 Å². The Balaban J connectivity index is 1.99. The smallest absolute Gasteiger partial charge is 0.309 e. The van der Waals surface area contributed by atoms with Crippen LogP contribution in [-0.2, 0) is 38.0 Å². The average molecular weight is 823 g/mol. The SMILES string of the molecule is C#CCCN(C)C1C[C@@H](C)O[C@@H](O[C@@H]2[C@@H](C)[C@H](C3C[C@@](C)(OC)[C@@H](O)[C@H](C)O3)[C@@H](C)C(=O)OC(CC)[C@@](C)(O)[C@@H]3OCC(=C)CO[C@]2(C)C[C@@H](C)/C(=N\O)[C@@H]3C)[C@@H]1O. The van der Waals surface area contributed by atoms with Crippen LogP contribution in [0.15, 0.2) is 17.3 Å². The van der Waals surface area contributed by atoms with Gasteiger partial charge < -0.3 is 53.7 Å². The third kappa shape index (κ3) is 10.1. The van der Waals surface area contributed by atoms with Gasteiger partial charge >= 0.3 is 5.97 Å². The summed E-state index contributed by atoms with van der Waals surface area (Å²) in [5.74, 6) is -1.12. The number of likely N-dealkylation sites (N-methyl/N-ethyl adjacent to an activating group) is 1. The fraction of sp³-hybridized carbons (Fsp3) is 0.864. The number of terminal acetylenes is 1. The second kappa shape index (κ2) is 19.7. The highest BCUT2D eigenvalue weighted by molar-refractivity contribution is 5.88. The zero-order valence-corrected chi connectivity index (χ0v) is 37.1. The molecule has 0 radical (unpaired) electrons. The summed E-state index contributed by atoms with van der Waals surface area (Å²) in [6.45, 7) is 23.3. The number of carbonyl (C=O) groups excluding carboxylic acids is 1. The molecular formula is C44H74N2O12. The van der Waals surface area contributed by atoms with E-state index in [4.69, 9.17) is 39.6 Å². The molecule has 3 unspecified atom stereocenters. The van der Waals surface area contributed by atoms with Gasteiger partial charge in [-0.3, -0.25) is 9.69 Å². The van der Waals surface area contributed by atoms with Crippen LogP contribution in [0.4, 0.5) is 0 Å². The van der Waals surface area contributed by atoms with Gasteiger partial charge in [-0.15, -0.1) is 12.3 Å². The van der Waals surface area contributed by atoms with Gasteiger partial charge in [0.1, 0.15) is 23.9 Å². The lowest BCUT2D eigenvalue weighted by molar-refractivity contribution is -0.306. The first kappa shape index (κ1) is 48.5. The van der Waals surface area contributed by atoms with E-state index < -0.39 is 101 Å². The average Bonchev–Trinajstić information content (AvgIpc) is 3.18. The van der Waals surface area contributed by atoms with Crippen LogP contribution < -0.4 is 0 Å². The number of aliphatic hydroxyl groups is 3. The van der Waals surface area contributed by atoms with Crippen LogP contribution >= 0.6 is 0 Å². The van der Waals surface area contributed by atoms with Crippen LogP contribution in [0.2, 0.25) is 0 Å². The molecule has 4 fully saturated rings. The van der Waals surface area contributed by atoms with Crippen molar-refractivity contribution in [1.82, 2.24) is 4.90 Å². The number of ether oxygens (including phenoxy) is 7. The summed E-state index contributed by atoms with van der Waals surface area (Å²) >= 11 is 0. The van der Waals surface area contributed by atoms with E-state index in [1.807, 2.05) is 60.4 Å². The number of cyclic esters (lactones) is 1. The van der Waals surface area contributed by atoms with Crippen molar-refractivity contribution in [3.63, 3.8) is 0 Å². The molecule has 14 nitrogen and oxygen atoms in total. The van der Waals surface area contributed by atoms with Crippen LogP contribution in [0.3, 0.4) is 0 Å². The summed E-state index contributed by atoms with van der Waals surface area (Å²) in [5, 5.41) is 50.2. The van der Waals surface area contributed by atoms with Gasteiger partial charge in [-0.1, -0.05) is 46.4 Å². The predicted molar refractivity (Wildman–Crippen MR) is 218 cm³/mol. The fourth-order valence-electron chi connectivity index (χ4n) is 10.4. The summed E-state index contributed by atoms with van der Waals surface area (Å²) < 4.78 is 45.9. The molecule has 0 saturated carbocycles. The number of methoxy groups -OCH3 is 1. The number of hydrogen-bond donors (Lipinski definition) is 4. The lowest BCUT2D eigenvalue weighted by Gasteiger charge is -2.52. The number of carbonyl (C=O) groups is 1. The van der Waals surface area contributed by atoms with Gasteiger partial charge in [0.15, 0.2) is 6.29 Å². The Hall–Kier alpha value is -2.16. The Morgan fingerprint density at radius 1 is 1.05 bits per heavy atom. The maximum absolute atomic E-state index is 14.7. The van der Waals surface area contributed by atoms with Crippen molar-refractivity contribution in [3.05, 3.63) is 12.2 Å². The first-order valence-electron chi connectivity index (χ1n) is 21.2. The number of esters is 1. The molecule has 4 rings (SSSR count). The van der Waals surface area contributed by atoms with Gasteiger partial charge in [0.2, 0.25) is 0 Å². The standard InChI is InChI=1S/C44H74N2O12/c1-15-17-18-46(13)31-19-26(5)55-41(36(31)47)58-38-27(6)34(32-21-42(10,52-14)37(48)30(9)56-32)28(7)40(49)57-33(16-2)44(12,50)39-29(8)35(45-51)25(4)20-43(38,11)54-23-24(3)22-53-39/h1,25-34,36-39,41,47-48,50-51H,3,16-23H2,2,4-14H3/b45-35+/t25-,26-,27+,28-,29+,30+,31?,32?,33?,34+,36-,37+,38-,39-,41+,42-,43-,44-/m1/s1. The monoisotopic (exact) mass is 823 g/mol. The summed E-state index contributed by atoms with van der Waals surface area (Å²) in [7, 11) is 3.47. The Morgan fingerprint density at radius 3 is 2.33 bits per heavy atom. The van der Waals surface area contributed by atoms with Crippen LogP contribution in [0.25, 0.3) is 0 Å². The molecule has 0 aliphatic carbocycles. The molecule has 4 saturated heterocycles. The van der Waals surface area contributed by atoms with E-state index in [2.05, 4.69) is 17.7 Å². The van der Waals surface area contributed by atoms with E-state index in [0.717, 1.165) is 0 Å². The number of aliphatic hydroxyl groups excluding tert-OH is 2. The lowest BCUT2D eigenvalue weighted by atomic mass is 9.67. The Morgan fingerprint density at radius 2 is 1.72 bits per heavy atom. The van der Waals surface area contributed by atoms with E-state index in [1.54, 1.807) is 27.9 Å². The van der Waals surface area contributed by atoms with Crippen molar-refractivity contribution >= 4 is 11.7 Å². The van der Waals surface area contributed by atoms with E-state index in [-0.39, 0.29) is 44.6 Å². The van der Waals surface area contributed by atoms with E-state index in [0.29, 0.717) is 30.7 Å². The van der Waals surface area contributed by atoms with E-state index in [9.17, 15) is 25.3 Å². The maximum Gasteiger partial charge on any atom is 0.309 e. The summed E-state index contributed by atoms with van der Waals surface area (Å²) in [4.78, 5) is 16.7. The minimum absolute atomic E-state index is 0.00181. The second-order valence-electron chi connectivity index (χ2n) is 18.4.